The normalized spacial score (nSPS) is 12.4. The Balaban J connectivity index is 1.97. The lowest BCUT2D eigenvalue weighted by molar-refractivity contribution is -0.885. The second-order valence-corrected chi connectivity index (χ2v) is 6.73. The minimum absolute atomic E-state index is 0.0313. The monoisotopic (exact) mass is 414 g/mol. The summed E-state index contributed by atoms with van der Waals surface area (Å²) in [6, 6.07) is 9.72. The molecular weight excluding hydrogens is 395 g/mol. The Labute approximate surface area is 165 Å². The van der Waals surface area contributed by atoms with Crippen molar-refractivity contribution in [3.05, 3.63) is 64.2 Å². The minimum Gasteiger partial charge on any atom is -0.355 e. The highest BCUT2D eigenvalue weighted by Crippen LogP contribution is 2.33. The van der Waals surface area contributed by atoms with Crippen molar-refractivity contribution < 1.29 is 27.7 Å². The Morgan fingerprint density at radius 2 is 1.75 bits per heavy atom. The number of quaternary nitrogens is 1. The first-order valence-corrected chi connectivity index (χ1v) is 8.77. The number of benzene rings is 2. The molecule has 0 aliphatic rings. The van der Waals surface area contributed by atoms with Gasteiger partial charge in [-0.2, -0.15) is 13.2 Å². The fraction of sp³-hybridized carbons (Fsp3) is 0.263. The molecule has 2 aromatic carbocycles. The van der Waals surface area contributed by atoms with Crippen molar-refractivity contribution in [2.45, 2.75) is 12.7 Å². The summed E-state index contributed by atoms with van der Waals surface area (Å²) in [6.45, 7) is 0.529. The molecule has 0 aliphatic carbocycles. The first-order valence-electron chi connectivity index (χ1n) is 8.39. The molecular formula is C19H20ClF3N3O2+. The van der Waals surface area contributed by atoms with Crippen LogP contribution in [-0.4, -0.2) is 32.5 Å². The van der Waals surface area contributed by atoms with Crippen LogP contribution in [0.5, 0.6) is 0 Å². The summed E-state index contributed by atoms with van der Waals surface area (Å²) in [7, 11) is 3.32. The van der Waals surface area contributed by atoms with Crippen molar-refractivity contribution in [2.75, 3.05) is 26.0 Å². The molecule has 0 spiro atoms. The van der Waals surface area contributed by atoms with Gasteiger partial charge in [0.2, 0.25) is 0 Å². The molecule has 2 amide bonds. The van der Waals surface area contributed by atoms with Gasteiger partial charge in [0, 0.05) is 18.2 Å². The second-order valence-electron chi connectivity index (χ2n) is 6.33. The Bertz CT molecular complexity index is 854. The van der Waals surface area contributed by atoms with Gasteiger partial charge in [0.1, 0.15) is 6.54 Å². The number of amides is 2. The number of alkyl halides is 3. The molecule has 0 bridgehead atoms. The lowest BCUT2D eigenvalue weighted by atomic mass is 10.1. The maximum absolute atomic E-state index is 12.8. The lowest BCUT2D eigenvalue weighted by Gasteiger charge is -2.15. The van der Waals surface area contributed by atoms with E-state index in [1.54, 1.807) is 38.4 Å². The number of hydrogen-bond acceptors (Lipinski definition) is 2. The van der Waals surface area contributed by atoms with Gasteiger partial charge in [-0.05, 0) is 30.3 Å². The molecule has 2 aromatic rings. The third-order valence-corrected chi connectivity index (χ3v) is 4.31. The summed E-state index contributed by atoms with van der Waals surface area (Å²) in [5, 5.41) is 4.99. The van der Waals surface area contributed by atoms with Crippen LogP contribution in [-0.2, 0) is 17.5 Å². The highest BCUT2D eigenvalue weighted by molar-refractivity contribution is 6.33. The molecule has 2 rings (SSSR count). The zero-order valence-electron chi connectivity index (χ0n) is 15.3. The van der Waals surface area contributed by atoms with Crippen molar-refractivity contribution in [3.63, 3.8) is 0 Å². The molecule has 0 saturated heterocycles. The number of carbonyl (C=O) groups excluding carboxylic acids is 2. The molecule has 150 valence electrons. The van der Waals surface area contributed by atoms with Gasteiger partial charge in [-0.1, -0.05) is 23.7 Å². The van der Waals surface area contributed by atoms with Gasteiger partial charge in [-0.25, -0.2) is 0 Å². The number of likely N-dealkylation sites (N-methyl/N-ethyl adjacent to an activating group) is 1. The Morgan fingerprint density at radius 3 is 2.32 bits per heavy atom. The summed E-state index contributed by atoms with van der Waals surface area (Å²) < 4.78 is 38.4. The number of halogens is 4. The number of nitrogens with one attached hydrogen (secondary N) is 3. The molecule has 9 heteroatoms. The van der Waals surface area contributed by atoms with E-state index in [0.717, 1.165) is 28.7 Å². The molecule has 28 heavy (non-hydrogen) atoms. The minimum atomic E-state index is -4.52. The van der Waals surface area contributed by atoms with Crippen molar-refractivity contribution in [2.24, 2.45) is 0 Å². The predicted molar refractivity (Wildman–Crippen MR) is 100 cm³/mol. The van der Waals surface area contributed by atoms with E-state index in [4.69, 9.17) is 11.6 Å². The summed E-state index contributed by atoms with van der Waals surface area (Å²) in [6.07, 6.45) is -4.52. The largest absolute Gasteiger partial charge is 0.416 e. The van der Waals surface area contributed by atoms with Gasteiger partial charge < -0.3 is 15.5 Å². The van der Waals surface area contributed by atoms with Gasteiger partial charge >= 0.3 is 6.18 Å². The van der Waals surface area contributed by atoms with Gasteiger partial charge in [0.05, 0.1) is 23.3 Å². The number of carbonyl (C=O) groups is 2. The van der Waals surface area contributed by atoms with Crippen molar-refractivity contribution in [3.8, 4) is 0 Å². The number of anilines is 1. The average Bonchev–Trinajstić information content (AvgIpc) is 2.62. The van der Waals surface area contributed by atoms with Crippen molar-refractivity contribution in [1.29, 1.82) is 0 Å². The van der Waals surface area contributed by atoms with E-state index in [2.05, 4.69) is 10.6 Å². The molecule has 0 radical (unpaired) electrons. The van der Waals surface area contributed by atoms with Crippen molar-refractivity contribution in [1.82, 2.24) is 5.32 Å². The van der Waals surface area contributed by atoms with E-state index in [1.807, 2.05) is 0 Å². The fourth-order valence-corrected chi connectivity index (χ4v) is 2.76. The highest BCUT2D eigenvalue weighted by atomic mass is 35.5. The quantitative estimate of drug-likeness (QED) is 0.679. The van der Waals surface area contributed by atoms with Crippen LogP contribution in [0.25, 0.3) is 0 Å². The van der Waals surface area contributed by atoms with E-state index in [9.17, 15) is 22.8 Å². The summed E-state index contributed by atoms with van der Waals surface area (Å²) in [4.78, 5) is 24.5. The van der Waals surface area contributed by atoms with Crippen LogP contribution in [0.15, 0.2) is 42.5 Å². The van der Waals surface area contributed by atoms with E-state index in [0.29, 0.717) is 12.1 Å². The first kappa shape index (κ1) is 21.7. The van der Waals surface area contributed by atoms with Crippen LogP contribution >= 0.6 is 11.6 Å². The molecule has 5 nitrogen and oxygen atoms in total. The highest BCUT2D eigenvalue weighted by Gasteiger charge is 2.31. The molecule has 3 N–H and O–H groups in total. The van der Waals surface area contributed by atoms with Gasteiger partial charge in [-0.3, -0.25) is 9.59 Å². The fourth-order valence-electron chi connectivity index (χ4n) is 2.60. The molecule has 0 heterocycles. The van der Waals surface area contributed by atoms with E-state index < -0.39 is 17.6 Å². The van der Waals surface area contributed by atoms with Crippen LogP contribution in [0.4, 0.5) is 18.9 Å². The third-order valence-electron chi connectivity index (χ3n) is 3.98. The Hall–Kier alpha value is -2.58. The van der Waals surface area contributed by atoms with Crippen LogP contribution in [0.3, 0.4) is 0 Å². The van der Waals surface area contributed by atoms with Crippen LogP contribution in [0.1, 0.15) is 21.5 Å². The molecule has 1 unspecified atom stereocenters. The maximum Gasteiger partial charge on any atom is 0.416 e. The van der Waals surface area contributed by atoms with E-state index >= 15 is 0 Å². The Morgan fingerprint density at radius 1 is 1.11 bits per heavy atom. The molecule has 1 atom stereocenters. The van der Waals surface area contributed by atoms with Gasteiger partial charge in [-0.15, -0.1) is 0 Å². The van der Waals surface area contributed by atoms with Crippen molar-refractivity contribution >= 4 is 29.1 Å². The van der Waals surface area contributed by atoms with Crippen LogP contribution in [0.2, 0.25) is 5.02 Å². The second kappa shape index (κ2) is 9.07. The number of rotatable bonds is 6. The summed E-state index contributed by atoms with van der Waals surface area (Å²) in [5.41, 5.74) is 0.476. The molecule has 0 fully saturated rings. The molecule has 0 saturated carbocycles. The summed E-state index contributed by atoms with van der Waals surface area (Å²) in [5.74, 6) is -0.648. The SMILES string of the molecule is CNC(=O)c1ccc(C[NH+](C)CC(=O)Nc2cc(C(F)(F)F)ccc2Cl)cc1. The lowest BCUT2D eigenvalue weighted by Crippen LogP contribution is -3.08. The number of hydrogen-bond donors (Lipinski definition) is 3. The maximum atomic E-state index is 12.8. The van der Waals surface area contributed by atoms with Gasteiger partial charge in [0.15, 0.2) is 6.54 Å². The molecule has 0 aliphatic heterocycles. The first-order chi connectivity index (χ1) is 13.1. The van der Waals surface area contributed by atoms with Crippen LogP contribution < -0.4 is 15.5 Å². The summed E-state index contributed by atoms with van der Waals surface area (Å²) >= 11 is 5.89. The third kappa shape index (κ3) is 5.97. The predicted octanol–water partition coefficient (Wildman–Crippen LogP) is 2.37. The standard InChI is InChI=1S/C19H19ClF3N3O2/c1-24-18(28)13-5-3-12(4-6-13)10-26(2)11-17(27)25-16-9-14(19(21,22)23)7-8-15(16)20/h3-9H,10-11H2,1-2H3,(H,24,28)(H,25,27)/p+1. The average molecular weight is 415 g/mol. The molecule has 0 aromatic heterocycles. The van der Waals surface area contributed by atoms with Gasteiger partial charge in [0.25, 0.3) is 11.8 Å². The smallest absolute Gasteiger partial charge is 0.355 e. The van der Waals surface area contributed by atoms with Crippen LogP contribution in [0, 0.1) is 0 Å². The van der Waals surface area contributed by atoms with E-state index in [-0.39, 0.29) is 23.2 Å². The zero-order chi connectivity index (χ0) is 20.9. The Kier molecular flexibility index (Phi) is 7.04. The topological polar surface area (TPSA) is 62.6 Å². The van der Waals surface area contributed by atoms with E-state index in [1.165, 1.54) is 0 Å². The zero-order valence-corrected chi connectivity index (χ0v) is 16.0.